The van der Waals surface area contributed by atoms with Crippen LogP contribution in [0.25, 0.3) is 0 Å². The van der Waals surface area contributed by atoms with Crippen molar-refractivity contribution in [2.24, 2.45) is 5.92 Å². The van der Waals surface area contributed by atoms with Crippen molar-refractivity contribution in [2.45, 2.75) is 19.3 Å². The van der Waals surface area contributed by atoms with Gasteiger partial charge in [0.1, 0.15) is 0 Å². The van der Waals surface area contributed by atoms with Crippen LogP contribution in [0, 0.1) is 17.6 Å². The third kappa shape index (κ3) is 5.06. The fraction of sp³-hybridized carbons (Fsp3) is 0.500. The fourth-order valence-electron chi connectivity index (χ4n) is 2.25. The number of carbonyl (C=O) groups is 1. The normalized spacial score (nSPS) is 18.2. The summed E-state index contributed by atoms with van der Waals surface area (Å²) in [5.41, 5.74) is 0.484. The first-order chi connectivity index (χ1) is 9.15. The van der Waals surface area contributed by atoms with Crippen molar-refractivity contribution in [3.8, 4) is 0 Å². The van der Waals surface area contributed by atoms with Crippen molar-refractivity contribution in [3.05, 3.63) is 35.4 Å². The zero-order valence-electron chi connectivity index (χ0n) is 11.1. The summed E-state index contributed by atoms with van der Waals surface area (Å²) in [5, 5.41) is 6.12. The topological polar surface area (TPSA) is 41.1 Å². The Balaban J connectivity index is 0.00000200. The van der Waals surface area contributed by atoms with Gasteiger partial charge in [-0.05, 0) is 49.5 Å². The minimum Gasteiger partial charge on any atom is -0.355 e. The summed E-state index contributed by atoms with van der Waals surface area (Å²) in [6.07, 6.45) is 2.32. The molecule has 1 unspecified atom stereocenters. The van der Waals surface area contributed by atoms with Crippen LogP contribution in [0.15, 0.2) is 18.2 Å². The Labute approximate surface area is 123 Å². The van der Waals surface area contributed by atoms with Gasteiger partial charge in [0.05, 0.1) is 6.42 Å². The van der Waals surface area contributed by atoms with E-state index in [-0.39, 0.29) is 24.7 Å². The van der Waals surface area contributed by atoms with Crippen LogP contribution in [0.4, 0.5) is 8.78 Å². The standard InChI is InChI=1S/C14H18F2N2O.ClH/c15-12-4-3-10(6-13(12)16)7-14(19)18-9-11-2-1-5-17-8-11;/h3-4,6,11,17H,1-2,5,7-9H2,(H,18,19);1H. The van der Waals surface area contributed by atoms with Crippen molar-refractivity contribution in [1.29, 1.82) is 0 Å². The van der Waals surface area contributed by atoms with E-state index in [1.54, 1.807) is 0 Å². The van der Waals surface area contributed by atoms with Gasteiger partial charge < -0.3 is 10.6 Å². The average molecular weight is 305 g/mol. The number of rotatable bonds is 4. The molecule has 1 atom stereocenters. The van der Waals surface area contributed by atoms with E-state index in [2.05, 4.69) is 10.6 Å². The van der Waals surface area contributed by atoms with E-state index in [9.17, 15) is 13.6 Å². The number of nitrogens with one attached hydrogen (secondary N) is 2. The molecule has 0 saturated carbocycles. The maximum absolute atomic E-state index is 13.0. The molecule has 20 heavy (non-hydrogen) atoms. The van der Waals surface area contributed by atoms with Gasteiger partial charge >= 0.3 is 0 Å². The second kappa shape index (κ2) is 8.17. The van der Waals surface area contributed by atoms with Crippen molar-refractivity contribution in [2.75, 3.05) is 19.6 Å². The number of piperidine rings is 1. The van der Waals surface area contributed by atoms with Gasteiger partial charge in [-0.25, -0.2) is 8.78 Å². The van der Waals surface area contributed by atoms with Crippen molar-refractivity contribution < 1.29 is 13.6 Å². The quantitative estimate of drug-likeness (QED) is 0.894. The third-order valence-corrected chi connectivity index (χ3v) is 3.34. The lowest BCUT2D eigenvalue weighted by atomic mass is 9.99. The molecule has 1 aromatic rings. The average Bonchev–Trinajstić information content (AvgIpc) is 2.42. The lowest BCUT2D eigenvalue weighted by Gasteiger charge is -2.22. The van der Waals surface area contributed by atoms with Crippen LogP contribution in [0.2, 0.25) is 0 Å². The van der Waals surface area contributed by atoms with E-state index < -0.39 is 11.6 Å². The summed E-state index contributed by atoms with van der Waals surface area (Å²) < 4.78 is 25.7. The molecule has 1 amide bonds. The molecule has 1 aromatic carbocycles. The predicted octanol–water partition coefficient (Wildman–Crippen LogP) is 2.04. The van der Waals surface area contributed by atoms with E-state index in [0.29, 0.717) is 18.0 Å². The molecule has 1 saturated heterocycles. The van der Waals surface area contributed by atoms with E-state index in [1.807, 2.05) is 0 Å². The monoisotopic (exact) mass is 304 g/mol. The first kappa shape index (κ1) is 16.9. The van der Waals surface area contributed by atoms with Gasteiger partial charge in [-0.1, -0.05) is 6.07 Å². The number of amides is 1. The van der Waals surface area contributed by atoms with Crippen molar-refractivity contribution >= 4 is 18.3 Å². The highest BCUT2D eigenvalue weighted by Gasteiger charge is 2.14. The summed E-state index contributed by atoms with van der Waals surface area (Å²) in [6, 6.07) is 3.54. The van der Waals surface area contributed by atoms with Crippen LogP contribution >= 0.6 is 12.4 Å². The minimum absolute atomic E-state index is 0. The first-order valence-electron chi connectivity index (χ1n) is 6.56. The van der Waals surface area contributed by atoms with Gasteiger partial charge in [0.25, 0.3) is 0 Å². The molecule has 1 aliphatic rings. The van der Waals surface area contributed by atoms with E-state index in [4.69, 9.17) is 0 Å². The number of halogens is 3. The van der Waals surface area contributed by atoms with E-state index in [1.165, 1.54) is 6.07 Å². The van der Waals surface area contributed by atoms with Gasteiger partial charge in [0.2, 0.25) is 5.91 Å². The Morgan fingerprint density at radius 1 is 1.35 bits per heavy atom. The molecule has 0 radical (unpaired) electrons. The van der Waals surface area contributed by atoms with Crippen LogP contribution in [0.1, 0.15) is 18.4 Å². The largest absolute Gasteiger partial charge is 0.355 e. The molecule has 0 spiro atoms. The maximum atomic E-state index is 13.0. The maximum Gasteiger partial charge on any atom is 0.224 e. The minimum atomic E-state index is -0.915. The van der Waals surface area contributed by atoms with Crippen molar-refractivity contribution in [1.82, 2.24) is 10.6 Å². The van der Waals surface area contributed by atoms with Gasteiger partial charge in [0.15, 0.2) is 11.6 Å². The van der Waals surface area contributed by atoms with Crippen LogP contribution in [-0.4, -0.2) is 25.5 Å². The molecule has 0 aromatic heterocycles. The molecule has 112 valence electrons. The summed E-state index contributed by atoms with van der Waals surface area (Å²) in [7, 11) is 0. The van der Waals surface area contributed by atoms with E-state index in [0.717, 1.165) is 38.1 Å². The number of hydrogen-bond acceptors (Lipinski definition) is 2. The van der Waals surface area contributed by atoms with Crippen LogP contribution in [0.5, 0.6) is 0 Å². The third-order valence-electron chi connectivity index (χ3n) is 3.34. The fourth-order valence-corrected chi connectivity index (χ4v) is 2.25. The number of hydrogen-bond donors (Lipinski definition) is 2. The zero-order valence-corrected chi connectivity index (χ0v) is 11.9. The summed E-state index contributed by atoms with van der Waals surface area (Å²) in [4.78, 5) is 11.7. The van der Waals surface area contributed by atoms with Crippen LogP contribution in [-0.2, 0) is 11.2 Å². The Kier molecular flexibility index (Phi) is 6.88. The molecule has 1 fully saturated rings. The Morgan fingerprint density at radius 3 is 2.80 bits per heavy atom. The smallest absolute Gasteiger partial charge is 0.224 e. The summed E-state index contributed by atoms with van der Waals surface area (Å²) in [5.74, 6) is -1.50. The highest BCUT2D eigenvalue weighted by molar-refractivity contribution is 5.85. The summed E-state index contributed by atoms with van der Waals surface area (Å²) >= 11 is 0. The van der Waals surface area contributed by atoms with Gasteiger partial charge in [-0.2, -0.15) is 0 Å². The molecule has 2 rings (SSSR count). The molecule has 3 nitrogen and oxygen atoms in total. The molecule has 6 heteroatoms. The Hall–Kier alpha value is -1.20. The van der Waals surface area contributed by atoms with Gasteiger partial charge in [0, 0.05) is 6.54 Å². The molecule has 2 N–H and O–H groups in total. The van der Waals surface area contributed by atoms with Gasteiger partial charge in [-0.15, -0.1) is 12.4 Å². The first-order valence-corrected chi connectivity index (χ1v) is 6.56. The highest BCUT2D eigenvalue weighted by Crippen LogP contribution is 2.10. The lowest BCUT2D eigenvalue weighted by Crippen LogP contribution is -2.38. The molecular weight excluding hydrogens is 286 g/mol. The molecule has 0 aliphatic carbocycles. The number of benzene rings is 1. The SMILES string of the molecule is Cl.O=C(Cc1ccc(F)c(F)c1)NCC1CCCNC1. The Bertz CT molecular complexity index is 451. The number of carbonyl (C=O) groups excluding carboxylic acids is 1. The van der Waals surface area contributed by atoms with Crippen molar-refractivity contribution in [3.63, 3.8) is 0 Å². The van der Waals surface area contributed by atoms with Crippen LogP contribution < -0.4 is 10.6 Å². The van der Waals surface area contributed by atoms with Gasteiger partial charge in [-0.3, -0.25) is 4.79 Å². The molecule has 1 aliphatic heterocycles. The molecular formula is C14H19ClF2N2O. The zero-order chi connectivity index (χ0) is 13.7. The van der Waals surface area contributed by atoms with E-state index >= 15 is 0 Å². The summed E-state index contributed by atoms with van der Waals surface area (Å²) in [6.45, 7) is 2.60. The van der Waals surface area contributed by atoms with Crippen LogP contribution in [0.3, 0.4) is 0 Å². The second-order valence-corrected chi connectivity index (χ2v) is 4.94. The molecule has 0 bridgehead atoms. The Morgan fingerprint density at radius 2 is 2.15 bits per heavy atom. The second-order valence-electron chi connectivity index (χ2n) is 4.94. The predicted molar refractivity (Wildman–Crippen MR) is 75.9 cm³/mol. The molecule has 1 heterocycles. The lowest BCUT2D eigenvalue weighted by molar-refractivity contribution is -0.120. The highest BCUT2D eigenvalue weighted by atomic mass is 35.5.